The Morgan fingerprint density at radius 1 is 0.932 bits per heavy atom. The molecule has 0 amide bonds. The highest BCUT2D eigenvalue weighted by Crippen LogP contribution is 2.75. The first-order valence-electron chi connectivity index (χ1n) is 18.6. The molecule has 0 bridgehead atoms. The predicted molar refractivity (Wildman–Crippen MR) is 177 cm³/mol. The molecule has 0 aromatic rings. The van der Waals surface area contributed by atoms with Crippen molar-refractivity contribution >= 4 is 5.97 Å². The van der Waals surface area contributed by atoms with Gasteiger partial charge in [0.1, 0.15) is 0 Å². The summed E-state index contributed by atoms with van der Waals surface area (Å²) in [4.78, 5) is 14.2. The molecule has 5 rings (SSSR count). The molecule has 44 heavy (non-hydrogen) atoms. The van der Waals surface area contributed by atoms with Gasteiger partial charge in [-0.15, -0.1) is 0 Å². The van der Waals surface area contributed by atoms with Gasteiger partial charge in [0, 0.05) is 6.61 Å². The molecule has 2 unspecified atom stereocenters. The molecule has 5 aliphatic rings. The summed E-state index contributed by atoms with van der Waals surface area (Å²) in [7, 11) is 0. The fourth-order valence-corrected chi connectivity index (χ4v) is 12.4. The van der Waals surface area contributed by atoms with E-state index in [9.17, 15) is 15.0 Å². The Morgan fingerprint density at radius 3 is 2.39 bits per heavy atom. The highest BCUT2D eigenvalue weighted by atomic mass is 16.7. The van der Waals surface area contributed by atoms with E-state index in [0.29, 0.717) is 36.7 Å². The fourth-order valence-electron chi connectivity index (χ4n) is 12.4. The SMILES string of the molecule is CCCCCCCCOCOC(=O)[C@]12CC[C@@H](C)[C@H](C)[C@H]1C1=CC[C@@H]3[C@@]4(C)C[C@H](O)CC(C)(CO)C4CC[C@@]3(C)[C@]1(C)CC2. The number of hydrogen-bond donors (Lipinski definition) is 2. The average Bonchev–Trinajstić information content (AvgIpc) is 2.97. The predicted octanol–water partition coefficient (Wildman–Crippen LogP) is 8.86. The van der Waals surface area contributed by atoms with Gasteiger partial charge in [-0.3, -0.25) is 4.79 Å². The number of hydrogen-bond acceptors (Lipinski definition) is 5. The van der Waals surface area contributed by atoms with E-state index in [1.54, 1.807) is 0 Å². The largest absolute Gasteiger partial charge is 0.438 e. The van der Waals surface area contributed by atoms with Crippen molar-refractivity contribution in [3.8, 4) is 0 Å². The van der Waals surface area contributed by atoms with Crippen LogP contribution in [0.25, 0.3) is 0 Å². The Balaban J connectivity index is 1.37. The molecule has 0 heterocycles. The second-order valence-corrected chi connectivity index (χ2v) is 17.4. The number of allylic oxidation sites excluding steroid dienone is 2. The maximum absolute atomic E-state index is 14.2. The molecule has 0 aromatic carbocycles. The average molecular weight is 615 g/mol. The molecule has 0 spiro atoms. The molecule has 4 saturated carbocycles. The number of carbonyl (C=O) groups is 1. The molecule has 0 saturated heterocycles. The van der Waals surface area contributed by atoms with Gasteiger partial charge in [-0.25, -0.2) is 0 Å². The normalized spacial score (nSPS) is 46.6. The second kappa shape index (κ2) is 12.9. The zero-order valence-corrected chi connectivity index (χ0v) is 29.4. The molecule has 5 aliphatic carbocycles. The standard InChI is InChI=1S/C39H66O5/c1-8-9-10-11-12-13-22-43-26-44-34(42)39-19-16-27(2)28(3)33(39)30-14-15-32-36(5)24-29(41)23-35(4,25-40)31(36)17-18-38(32,7)37(30,6)20-21-39/h14,27-29,31-33,40-41H,8-13,15-26H2,1-7H3/t27-,28+,29-,31?,32-,33+,35?,36+,37-,38-,39+/m1/s1. The minimum atomic E-state index is -0.457. The summed E-state index contributed by atoms with van der Waals surface area (Å²) < 4.78 is 11.8. The summed E-state index contributed by atoms with van der Waals surface area (Å²) in [5.41, 5.74) is 0.938. The lowest BCUT2D eigenvalue weighted by atomic mass is 9.33. The highest BCUT2D eigenvalue weighted by Gasteiger charge is 2.69. The maximum atomic E-state index is 14.2. The van der Waals surface area contributed by atoms with Crippen molar-refractivity contribution in [1.29, 1.82) is 0 Å². The summed E-state index contributed by atoms with van der Waals surface area (Å²) in [5.74, 6) is 2.05. The number of ether oxygens (including phenoxy) is 2. The molecule has 0 aliphatic heterocycles. The van der Waals surface area contributed by atoms with Crippen LogP contribution in [0.2, 0.25) is 0 Å². The molecular weight excluding hydrogens is 548 g/mol. The van der Waals surface area contributed by atoms with Crippen LogP contribution in [0.15, 0.2) is 11.6 Å². The van der Waals surface area contributed by atoms with Crippen molar-refractivity contribution in [3.05, 3.63) is 11.6 Å². The number of aliphatic hydroxyl groups excluding tert-OH is 2. The Morgan fingerprint density at radius 2 is 1.66 bits per heavy atom. The summed E-state index contributed by atoms with van der Waals surface area (Å²) in [5, 5.41) is 21.7. The van der Waals surface area contributed by atoms with Gasteiger partial charge in [0.2, 0.25) is 0 Å². The Bertz CT molecular complexity index is 1060. The van der Waals surface area contributed by atoms with Crippen LogP contribution in [0.5, 0.6) is 0 Å². The highest BCUT2D eigenvalue weighted by molar-refractivity contribution is 5.78. The van der Waals surface area contributed by atoms with Crippen LogP contribution in [0.3, 0.4) is 0 Å². The van der Waals surface area contributed by atoms with Crippen LogP contribution in [0.1, 0.15) is 145 Å². The summed E-state index contributed by atoms with van der Waals surface area (Å²) in [6.45, 7) is 17.7. The van der Waals surface area contributed by atoms with E-state index in [1.807, 2.05) is 0 Å². The summed E-state index contributed by atoms with van der Waals surface area (Å²) in [6.07, 6.45) is 18.2. The molecule has 0 radical (unpaired) electrons. The summed E-state index contributed by atoms with van der Waals surface area (Å²) >= 11 is 0. The first-order valence-corrected chi connectivity index (χ1v) is 18.6. The van der Waals surface area contributed by atoms with E-state index >= 15 is 0 Å². The molecule has 252 valence electrons. The van der Waals surface area contributed by atoms with Crippen molar-refractivity contribution < 1.29 is 24.5 Å². The number of rotatable bonds is 11. The molecule has 5 heteroatoms. The third-order valence-electron chi connectivity index (χ3n) is 15.2. The lowest BCUT2D eigenvalue weighted by Gasteiger charge is -2.71. The molecule has 4 fully saturated rings. The number of aliphatic hydroxyl groups is 2. The van der Waals surface area contributed by atoms with Crippen molar-refractivity contribution in [2.75, 3.05) is 20.0 Å². The third-order valence-corrected chi connectivity index (χ3v) is 15.2. The van der Waals surface area contributed by atoms with Crippen molar-refractivity contribution in [1.82, 2.24) is 0 Å². The van der Waals surface area contributed by atoms with Crippen LogP contribution < -0.4 is 0 Å². The van der Waals surface area contributed by atoms with Crippen LogP contribution in [0, 0.1) is 56.7 Å². The Kier molecular flexibility index (Phi) is 10.1. The first kappa shape index (κ1) is 34.4. The third kappa shape index (κ3) is 5.45. The van der Waals surface area contributed by atoms with E-state index in [2.05, 4.69) is 54.5 Å². The van der Waals surface area contributed by atoms with Crippen LogP contribution >= 0.6 is 0 Å². The van der Waals surface area contributed by atoms with Gasteiger partial charge in [0.15, 0.2) is 6.79 Å². The first-order chi connectivity index (χ1) is 20.8. The fraction of sp³-hybridized carbons (Fsp3) is 0.923. The van der Waals surface area contributed by atoms with E-state index in [4.69, 9.17) is 9.47 Å². The van der Waals surface area contributed by atoms with Gasteiger partial charge < -0.3 is 19.7 Å². The van der Waals surface area contributed by atoms with Gasteiger partial charge in [0.05, 0.1) is 18.1 Å². The van der Waals surface area contributed by atoms with Gasteiger partial charge in [0.25, 0.3) is 0 Å². The van der Waals surface area contributed by atoms with Gasteiger partial charge in [-0.2, -0.15) is 0 Å². The van der Waals surface area contributed by atoms with Crippen LogP contribution in [0.4, 0.5) is 0 Å². The number of carbonyl (C=O) groups excluding carboxylic acids is 1. The molecule has 2 N–H and O–H groups in total. The minimum Gasteiger partial charge on any atom is -0.438 e. The maximum Gasteiger partial charge on any atom is 0.314 e. The monoisotopic (exact) mass is 614 g/mol. The van der Waals surface area contributed by atoms with Gasteiger partial charge in [-0.1, -0.05) is 92.2 Å². The zero-order chi connectivity index (χ0) is 32.0. The lowest BCUT2D eigenvalue weighted by molar-refractivity contribution is -0.212. The quantitative estimate of drug-likeness (QED) is 0.105. The molecule has 11 atom stereocenters. The van der Waals surface area contributed by atoms with Crippen LogP contribution in [-0.4, -0.2) is 42.3 Å². The number of unbranched alkanes of at least 4 members (excludes halogenated alkanes) is 5. The summed E-state index contributed by atoms with van der Waals surface area (Å²) in [6, 6.07) is 0. The topological polar surface area (TPSA) is 76.0 Å². The second-order valence-electron chi connectivity index (χ2n) is 17.4. The molecular formula is C39H66O5. The van der Waals surface area contributed by atoms with Crippen LogP contribution in [-0.2, 0) is 14.3 Å². The smallest absolute Gasteiger partial charge is 0.314 e. The Hall–Kier alpha value is -0.910. The van der Waals surface area contributed by atoms with E-state index in [0.717, 1.165) is 57.8 Å². The van der Waals surface area contributed by atoms with E-state index in [1.165, 1.54) is 37.7 Å². The lowest BCUT2D eigenvalue weighted by Crippen LogP contribution is -2.65. The van der Waals surface area contributed by atoms with Crippen molar-refractivity contribution in [2.45, 2.75) is 151 Å². The van der Waals surface area contributed by atoms with E-state index < -0.39 is 5.41 Å². The van der Waals surface area contributed by atoms with Crippen molar-refractivity contribution in [2.24, 2.45) is 56.7 Å². The van der Waals surface area contributed by atoms with Gasteiger partial charge in [-0.05, 0) is 115 Å². The number of fused-ring (bicyclic) bond motifs is 7. The minimum absolute atomic E-state index is 0.00988. The Labute approximate surface area is 269 Å². The van der Waals surface area contributed by atoms with Gasteiger partial charge >= 0.3 is 5.97 Å². The van der Waals surface area contributed by atoms with E-state index in [-0.39, 0.29) is 53.1 Å². The molecule has 0 aromatic heterocycles. The molecule has 5 nitrogen and oxygen atoms in total. The number of esters is 1. The zero-order valence-electron chi connectivity index (χ0n) is 29.4. The van der Waals surface area contributed by atoms with Crippen molar-refractivity contribution in [3.63, 3.8) is 0 Å².